The molecule has 0 bridgehead atoms. The summed E-state index contributed by atoms with van der Waals surface area (Å²) in [6.45, 7) is 2.23. The molecule has 12 heavy (non-hydrogen) atoms. The molecule has 1 heterocycles. The van der Waals surface area contributed by atoms with Gasteiger partial charge < -0.3 is 4.74 Å². The number of halogens is 1. The third kappa shape index (κ3) is 2.32. The second kappa shape index (κ2) is 4.62. The molecule has 0 fully saturated rings. The number of rotatable bonds is 3. The Morgan fingerprint density at radius 2 is 2.50 bits per heavy atom. The summed E-state index contributed by atoms with van der Waals surface area (Å²) < 4.78 is 4.84. The van der Waals surface area contributed by atoms with Crippen LogP contribution in [0.4, 0.5) is 0 Å². The smallest absolute Gasteiger partial charge is 0.348 e. The lowest BCUT2D eigenvalue weighted by Crippen LogP contribution is -2.01. The van der Waals surface area contributed by atoms with Crippen LogP contribution < -0.4 is 0 Å². The zero-order valence-electron chi connectivity index (χ0n) is 6.67. The summed E-state index contributed by atoms with van der Waals surface area (Å²) in [6, 6.07) is 1.84. The molecule has 0 aliphatic carbocycles. The van der Waals surface area contributed by atoms with Crippen LogP contribution in [-0.2, 0) is 10.1 Å². The minimum atomic E-state index is -0.227. The molecule has 0 radical (unpaired) electrons. The fourth-order valence-corrected chi connectivity index (χ4v) is 2.10. The molecular formula is C8H9BrO2S. The lowest BCUT2D eigenvalue weighted by molar-refractivity contribution is 0.0532. The molecule has 1 aromatic heterocycles. The van der Waals surface area contributed by atoms with Crippen molar-refractivity contribution < 1.29 is 9.53 Å². The first-order chi connectivity index (χ1) is 5.77. The minimum absolute atomic E-state index is 0.227. The van der Waals surface area contributed by atoms with Crippen molar-refractivity contribution in [3.05, 3.63) is 21.9 Å². The summed E-state index contributed by atoms with van der Waals surface area (Å²) in [5.41, 5.74) is 1.11. The van der Waals surface area contributed by atoms with Crippen molar-refractivity contribution in [1.29, 1.82) is 0 Å². The van der Waals surface area contributed by atoms with Crippen LogP contribution in [0.25, 0.3) is 0 Å². The van der Waals surface area contributed by atoms with Crippen molar-refractivity contribution in [2.75, 3.05) is 6.61 Å². The number of carbonyl (C=O) groups excluding carboxylic acids is 1. The number of esters is 1. The Morgan fingerprint density at radius 3 is 3.00 bits per heavy atom. The molecule has 1 aromatic rings. The molecular weight excluding hydrogens is 240 g/mol. The Balaban J connectivity index is 2.68. The predicted molar refractivity (Wildman–Crippen MR) is 52.9 cm³/mol. The molecule has 0 aromatic carbocycles. The maximum Gasteiger partial charge on any atom is 0.348 e. The SMILES string of the molecule is CCOC(=O)c1cc(CBr)cs1. The maximum atomic E-state index is 11.1. The summed E-state index contributed by atoms with van der Waals surface area (Å²) in [5, 5.41) is 2.73. The van der Waals surface area contributed by atoms with Gasteiger partial charge >= 0.3 is 5.97 Å². The van der Waals surface area contributed by atoms with Crippen LogP contribution in [-0.4, -0.2) is 12.6 Å². The van der Waals surface area contributed by atoms with E-state index in [0.29, 0.717) is 11.5 Å². The summed E-state index contributed by atoms with van der Waals surface area (Å²) in [5.74, 6) is -0.227. The van der Waals surface area contributed by atoms with Gasteiger partial charge in [0.05, 0.1) is 6.61 Å². The lowest BCUT2D eigenvalue weighted by Gasteiger charge is -1.96. The molecule has 0 spiro atoms. The van der Waals surface area contributed by atoms with Crippen LogP contribution >= 0.6 is 27.3 Å². The van der Waals surface area contributed by atoms with E-state index >= 15 is 0 Å². The summed E-state index contributed by atoms with van der Waals surface area (Å²) in [4.78, 5) is 11.8. The van der Waals surface area contributed by atoms with Gasteiger partial charge in [0.25, 0.3) is 0 Å². The monoisotopic (exact) mass is 248 g/mol. The van der Waals surface area contributed by atoms with E-state index in [1.54, 1.807) is 6.92 Å². The molecule has 1 rings (SSSR count). The average Bonchev–Trinajstić information content (AvgIpc) is 2.52. The number of alkyl halides is 1. The number of ether oxygens (including phenoxy) is 1. The van der Waals surface area contributed by atoms with E-state index in [2.05, 4.69) is 15.9 Å². The molecule has 0 aliphatic heterocycles. The molecule has 0 N–H and O–H groups in total. The van der Waals surface area contributed by atoms with Crippen LogP contribution in [0.3, 0.4) is 0 Å². The number of hydrogen-bond acceptors (Lipinski definition) is 3. The largest absolute Gasteiger partial charge is 0.462 e. The highest BCUT2D eigenvalue weighted by atomic mass is 79.9. The van der Waals surface area contributed by atoms with Gasteiger partial charge in [-0.3, -0.25) is 0 Å². The van der Waals surface area contributed by atoms with Crippen molar-refractivity contribution in [3.63, 3.8) is 0 Å². The highest BCUT2D eigenvalue weighted by Crippen LogP contribution is 2.17. The van der Waals surface area contributed by atoms with Gasteiger partial charge in [-0.25, -0.2) is 4.79 Å². The molecule has 66 valence electrons. The quantitative estimate of drug-likeness (QED) is 0.608. The Morgan fingerprint density at radius 1 is 1.75 bits per heavy atom. The first-order valence-corrected chi connectivity index (χ1v) is 5.58. The maximum absolute atomic E-state index is 11.1. The Labute approximate surface area is 83.7 Å². The van der Waals surface area contributed by atoms with Gasteiger partial charge in [0.15, 0.2) is 0 Å². The molecule has 0 atom stereocenters. The van der Waals surface area contributed by atoms with Gasteiger partial charge in [-0.15, -0.1) is 11.3 Å². The molecule has 0 saturated heterocycles. The highest BCUT2D eigenvalue weighted by Gasteiger charge is 2.08. The van der Waals surface area contributed by atoms with Crippen LogP contribution in [0.15, 0.2) is 11.4 Å². The molecule has 0 amide bonds. The second-order valence-electron chi connectivity index (χ2n) is 2.17. The number of carbonyl (C=O) groups is 1. The molecule has 0 aliphatic rings. The third-order valence-electron chi connectivity index (χ3n) is 1.28. The fraction of sp³-hybridized carbons (Fsp3) is 0.375. The van der Waals surface area contributed by atoms with Crippen LogP contribution in [0.1, 0.15) is 22.2 Å². The molecule has 4 heteroatoms. The van der Waals surface area contributed by atoms with Gasteiger partial charge in [0, 0.05) is 5.33 Å². The zero-order chi connectivity index (χ0) is 8.97. The van der Waals surface area contributed by atoms with E-state index in [0.717, 1.165) is 10.9 Å². The van der Waals surface area contributed by atoms with E-state index in [4.69, 9.17) is 4.74 Å². The summed E-state index contributed by atoms with van der Waals surface area (Å²) >= 11 is 4.73. The first kappa shape index (κ1) is 9.74. The third-order valence-corrected chi connectivity index (χ3v) is 2.89. The minimum Gasteiger partial charge on any atom is -0.462 e. The van der Waals surface area contributed by atoms with Crippen LogP contribution in [0.2, 0.25) is 0 Å². The van der Waals surface area contributed by atoms with E-state index in [9.17, 15) is 4.79 Å². The second-order valence-corrected chi connectivity index (χ2v) is 3.65. The zero-order valence-corrected chi connectivity index (χ0v) is 9.07. The molecule has 0 unspecified atom stereocenters. The van der Waals surface area contributed by atoms with Gasteiger partial charge in [-0.2, -0.15) is 0 Å². The van der Waals surface area contributed by atoms with Crippen molar-refractivity contribution in [3.8, 4) is 0 Å². The van der Waals surface area contributed by atoms with Gasteiger partial charge in [0.2, 0.25) is 0 Å². The molecule has 2 nitrogen and oxygen atoms in total. The van der Waals surface area contributed by atoms with E-state index < -0.39 is 0 Å². The average molecular weight is 249 g/mol. The summed E-state index contributed by atoms with van der Waals surface area (Å²) in [6.07, 6.45) is 0. The van der Waals surface area contributed by atoms with Crippen molar-refractivity contribution >= 4 is 33.2 Å². The van der Waals surface area contributed by atoms with Crippen molar-refractivity contribution in [2.24, 2.45) is 0 Å². The van der Waals surface area contributed by atoms with E-state index in [-0.39, 0.29) is 5.97 Å². The Hall–Kier alpha value is -0.350. The number of hydrogen-bond donors (Lipinski definition) is 0. The Bertz CT molecular complexity index is 270. The molecule has 0 saturated carbocycles. The van der Waals surface area contributed by atoms with Gasteiger partial charge in [-0.05, 0) is 23.9 Å². The van der Waals surface area contributed by atoms with E-state index in [1.165, 1.54) is 11.3 Å². The highest BCUT2D eigenvalue weighted by molar-refractivity contribution is 9.08. The Kier molecular flexibility index (Phi) is 3.75. The standard InChI is InChI=1S/C8H9BrO2S/c1-2-11-8(10)7-3-6(4-9)5-12-7/h3,5H,2,4H2,1H3. The van der Waals surface area contributed by atoms with Gasteiger partial charge in [0.1, 0.15) is 4.88 Å². The van der Waals surface area contributed by atoms with E-state index in [1.807, 2.05) is 11.4 Å². The first-order valence-electron chi connectivity index (χ1n) is 3.58. The normalized spacial score (nSPS) is 9.83. The van der Waals surface area contributed by atoms with Crippen molar-refractivity contribution in [2.45, 2.75) is 12.3 Å². The van der Waals surface area contributed by atoms with Gasteiger partial charge in [-0.1, -0.05) is 15.9 Å². The predicted octanol–water partition coefficient (Wildman–Crippen LogP) is 2.82. The van der Waals surface area contributed by atoms with Crippen molar-refractivity contribution in [1.82, 2.24) is 0 Å². The fourth-order valence-electron chi connectivity index (χ4n) is 0.755. The van der Waals surface area contributed by atoms with Crippen LogP contribution in [0.5, 0.6) is 0 Å². The van der Waals surface area contributed by atoms with Crippen LogP contribution in [0, 0.1) is 0 Å². The number of thiophene rings is 1. The summed E-state index contributed by atoms with van der Waals surface area (Å²) in [7, 11) is 0. The lowest BCUT2D eigenvalue weighted by atomic mass is 10.3. The topological polar surface area (TPSA) is 26.3 Å².